The van der Waals surface area contributed by atoms with Crippen LogP contribution in [-0.4, -0.2) is 0 Å². The van der Waals surface area contributed by atoms with Crippen molar-refractivity contribution >= 4 is 66.8 Å². The van der Waals surface area contributed by atoms with Crippen LogP contribution in [0.2, 0.25) is 0 Å². The van der Waals surface area contributed by atoms with Crippen LogP contribution >= 0.6 is 0 Å². The van der Waals surface area contributed by atoms with Gasteiger partial charge in [0.1, 0.15) is 5.58 Å². The summed E-state index contributed by atoms with van der Waals surface area (Å²) >= 11 is 0. The van der Waals surface area contributed by atoms with E-state index in [4.69, 9.17) is 4.42 Å². The van der Waals surface area contributed by atoms with E-state index in [1.807, 2.05) is 0 Å². The number of furan rings is 1. The first kappa shape index (κ1) is 36.0. The Labute approximate surface area is 346 Å². The number of hydrogen-bond acceptors (Lipinski definition) is 3. The zero-order chi connectivity index (χ0) is 40.0. The molecule has 0 N–H and O–H groups in total. The lowest BCUT2D eigenvalue weighted by Gasteiger charge is -2.29. The molecule has 10 aromatic rings. The molecule has 0 saturated heterocycles. The molecule has 0 aliphatic heterocycles. The smallest absolute Gasteiger partial charge is 0.159 e. The van der Waals surface area contributed by atoms with E-state index in [-0.39, 0.29) is 0 Å². The van der Waals surface area contributed by atoms with Crippen LogP contribution in [0.3, 0.4) is 0 Å². The highest BCUT2D eigenvalue weighted by atomic mass is 16.3. The van der Waals surface area contributed by atoms with Crippen molar-refractivity contribution in [3.63, 3.8) is 0 Å². The largest absolute Gasteiger partial charge is 0.454 e. The van der Waals surface area contributed by atoms with Crippen LogP contribution in [0.15, 0.2) is 199 Å². The number of para-hydroxylation sites is 1. The van der Waals surface area contributed by atoms with Gasteiger partial charge in [-0.2, -0.15) is 0 Å². The summed E-state index contributed by atoms with van der Waals surface area (Å²) in [7, 11) is 0. The summed E-state index contributed by atoms with van der Waals surface area (Å²) in [6.07, 6.45) is 0. The number of fused-ring (bicyclic) bond motifs is 5. The van der Waals surface area contributed by atoms with E-state index < -0.39 is 0 Å². The molecule has 0 saturated carbocycles. The molecule has 1 heterocycles. The van der Waals surface area contributed by atoms with E-state index in [0.717, 1.165) is 72.4 Å². The molecular formula is C56H44N2O. The van der Waals surface area contributed by atoms with E-state index >= 15 is 0 Å². The summed E-state index contributed by atoms with van der Waals surface area (Å²) in [6.45, 7) is 8.64. The topological polar surface area (TPSA) is 19.6 Å². The van der Waals surface area contributed by atoms with Gasteiger partial charge in [0.05, 0.1) is 22.7 Å². The number of nitrogens with zero attached hydrogens (tertiary/aromatic N) is 2. The molecule has 3 heteroatoms. The maximum Gasteiger partial charge on any atom is 0.159 e. The van der Waals surface area contributed by atoms with Crippen LogP contribution in [0.5, 0.6) is 0 Å². The highest BCUT2D eigenvalue weighted by Gasteiger charge is 2.26. The fraction of sp³-hybridized carbons (Fsp3) is 0.0714. The van der Waals surface area contributed by atoms with Crippen LogP contribution in [0, 0.1) is 27.7 Å². The second-order valence-corrected chi connectivity index (χ2v) is 15.7. The maximum atomic E-state index is 7.27. The summed E-state index contributed by atoms with van der Waals surface area (Å²) in [6, 6.07) is 70.1. The standard InChI is InChI=1S/C56H44N2O/c1-37-16-13-22-43(32-37)57(50-30-28-39(3)34-48(50)41-18-7-5-8-19-41)52-27-15-26-47-55-46-25-12-11-24-45(46)53(36-54(55)59-56(47)52)58(44-23-14-17-38(2)33-44)51-31-29-40(4)35-49(51)42-20-9-6-10-21-42/h5-36H,1-4H3. The Morgan fingerprint density at radius 3 is 1.37 bits per heavy atom. The second kappa shape index (κ2) is 14.9. The quantitative estimate of drug-likeness (QED) is 0.154. The first-order chi connectivity index (χ1) is 28.9. The van der Waals surface area contributed by atoms with Gasteiger partial charge in [0.15, 0.2) is 5.58 Å². The molecule has 0 atom stereocenters. The number of anilines is 6. The minimum atomic E-state index is 0.837. The molecule has 284 valence electrons. The van der Waals surface area contributed by atoms with Gasteiger partial charge in [-0.05, 0) is 110 Å². The first-order valence-corrected chi connectivity index (χ1v) is 20.3. The van der Waals surface area contributed by atoms with Crippen molar-refractivity contribution in [2.24, 2.45) is 0 Å². The Hall–Kier alpha value is -7.36. The fourth-order valence-electron chi connectivity index (χ4n) is 8.73. The molecule has 0 aliphatic rings. The summed E-state index contributed by atoms with van der Waals surface area (Å²) < 4.78 is 7.27. The van der Waals surface area contributed by atoms with Crippen molar-refractivity contribution in [2.45, 2.75) is 27.7 Å². The Morgan fingerprint density at radius 2 is 0.814 bits per heavy atom. The number of hydrogen-bond donors (Lipinski definition) is 0. The number of benzene rings is 9. The third-order valence-corrected chi connectivity index (χ3v) is 11.4. The van der Waals surface area contributed by atoms with Gasteiger partial charge >= 0.3 is 0 Å². The van der Waals surface area contributed by atoms with Crippen molar-refractivity contribution in [1.29, 1.82) is 0 Å². The Kier molecular flexibility index (Phi) is 9.07. The first-order valence-electron chi connectivity index (χ1n) is 20.3. The van der Waals surface area contributed by atoms with Crippen LogP contribution in [0.25, 0.3) is 55.0 Å². The van der Waals surface area contributed by atoms with Crippen molar-refractivity contribution in [3.05, 3.63) is 216 Å². The molecule has 0 amide bonds. The lowest BCUT2D eigenvalue weighted by molar-refractivity contribution is 0.669. The molecule has 9 aromatic carbocycles. The van der Waals surface area contributed by atoms with Crippen LogP contribution in [-0.2, 0) is 0 Å². The minimum Gasteiger partial charge on any atom is -0.454 e. The van der Waals surface area contributed by atoms with Gasteiger partial charge in [0, 0.05) is 44.7 Å². The predicted molar refractivity (Wildman–Crippen MR) is 250 cm³/mol. The van der Waals surface area contributed by atoms with E-state index in [9.17, 15) is 0 Å². The van der Waals surface area contributed by atoms with Crippen molar-refractivity contribution < 1.29 is 4.42 Å². The molecular weight excluding hydrogens is 717 g/mol. The Morgan fingerprint density at radius 1 is 0.339 bits per heavy atom. The lowest BCUT2D eigenvalue weighted by Crippen LogP contribution is -2.12. The van der Waals surface area contributed by atoms with Gasteiger partial charge in [-0.15, -0.1) is 0 Å². The zero-order valence-electron chi connectivity index (χ0n) is 33.8. The Balaban J connectivity index is 1.27. The van der Waals surface area contributed by atoms with E-state index in [1.54, 1.807) is 0 Å². The fourth-order valence-corrected chi connectivity index (χ4v) is 8.73. The third kappa shape index (κ3) is 6.51. The molecule has 0 radical (unpaired) electrons. The van der Waals surface area contributed by atoms with Crippen LogP contribution in [0.4, 0.5) is 34.1 Å². The molecule has 0 fully saturated rings. The molecule has 0 unspecified atom stereocenters. The van der Waals surface area contributed by atoms with Crippen LogP contribution < -0.4 is 9.80 Å². The van der Waals surface area contributed by atoms with Gasteiger partial charge < -0.3 is 14.2 Å². The minimum absolute atomic E-state index is 0.837. The van der Waals surface area contributed by atoms with Gasteiger partial charge in [-0.25, -0.2) is 0 Å². The molecule has 3 nitrogen and oxygen atoms in total. The maximum absolute atomic E-state index is 7.27. The second-order valence-electron chi connectivity index (χ2n) is 15.7. The molecule has 10 rings (SSSR count). The average molecular weight is 761 g/mol. The predicted octanol–water partition coefficient (Wildman–Crippen LogP) is 16.2. The normalized spacial score (nSPS) is 11.4. The summed E-state index contributed by atoms with van der Waals surface area (Å²) in [4.78, 5) is 4.79. The summed E-state index contributed by atoms with van der Waals surface area (Å²) in [5.74, 6) is 0. The lowest BCUT2D eigenvalue weighted by atomic mass is 9.97. The molecule has 1 aromatic heterocycles. The van der Waals surface area contributed by atoms with Gasteiger partial charge in [-0.1, -0.05) is 145 Å². The van der Waals surface area contributed by atoms with Crippen molar-refractivity contribution in [3.8, 4) is 22.3 Å². The van der Waals surface area contributed by atoms with E-state index in [1.165, 1.54) is 38.9 Å². The van der Waals surface area contributed by atoms with E-state index in [0.29, 0.717) is 0 Å². The van der Waals surface area contributed by atoms with Gasteiger partial charge in [-0.3, -0.25) is 0 Å². The monoisotopic (exact) mass is 760 g/mol. The highest BCUT2D eigenvalue weighted by molar-refractivity contribution is 6.24. The molecule has 0 spiro atoms. The Bertz CT molecular complexity index is 3160. The van der Waals surface area contributed by atoms with Crippen molar-refractivity contribution in [1.82, 2.24) is 0 Å². The number of aryl methyl sites for hydroxylation is 4. The SMILES string of the molecule is Cc1cccc(N(c2ccc(C)cc2-c2ccccc2)c2cc3oc4c(N(c5cccc(C)c5)c5ccc(C)cc5-c5ccccc5)cccc4c3c3ccccc23)c1. The summed E-state index contributed by atoms with van der Waals surface area (Å²) in [5, 5.41) is 4.47. The third-order valence-electron chi connectivity index (χ3n) is 11.4. The van der Waals surface area contributed by atoms with Crippen LogP contribution in [0.1, 0.15) is 22.3 Å². The average Bonchev–Trinajstić information content (AvgIpc) is 3.65. The van der Waals surface area contributed by atoms with Gasteiger partial charge in [0.2, 0.25) is 0 Å². The zero-order valence-corrected chi connectivity index (χ0v) is 33.8. The van der Waals surface area contributed by atoms with E-state index in [2.05, 4.69) is 232 Å². The molecule has 0 bridgehead atoms. The summed E-state index contributed by atoms with van der Waals surface area (Å²) in [5.41, 5.74) is 17.5. The molecule has 0 aliphatic carbocycles. The van der Waals surface area contributed by atoms with Gasteiger partial charge in [0.25, 0.3) is 0 Å². The number of rotatable bonds is 8. The molecule has 59 heavy (non-hydrogen) atoms. The highest BCUT2D eigenvalue weighted by Crippen LogP contribution is 2.50. The van der Waals surface area contributed by atoms with Crippen molar-refractivity contribution in [2.75, 3.05) is 9.80 Å².